The van der Waals surface area contributed by atoms with Gasteiger partial charge in [0.2, 0.25) is 0 Å². The van der Waals surface area contributed by atoms with Gasteiger partial charge in [-0.3, -0.25) is 0 Å². The van der Waals surface area contributed by atoms with Crippen LogP contribution in [0.15, 0.2) is 180 Å². The Bertz CT molecular complexity index is 2460. The van der Waals surface area contributed by atoms with Crippen molar-refractivity contribution in [1.82, 2.24) is 15.0 Å². The number of para-hydroxylation sites is 1. The maximum absolute atomic E-state index is 6.37. The van der Waals surface area contributed by atoms with Crippen LogP contribution >= 0.6 is 0 Å². The monoisotopic (exact) mass is 627 g/mol. The Morgan fingerprint density at radius 1 is 0.286 bits per heavy atom. The Kier molecular flexibility index (Phi) is 7.10. The fourth-order valence-electron chi connectivity index (χ4n) is 6.45. The largest absolute Gasteiger partial charge is 0.456 e. The molecule has 9 rings (SSSR count). The molecular formula is C45H29N3O. The van der Waals surface area contributed by atoms with Crippen LogP contribution in [0.2, 0.25) is 0 Å². The van der Waals surface area contributed by atoms with E-state index in [0.29, 0.717) is 17.5 Å². The van der Waals surface area contributed by atoms with Crippen molar-refractivity contribution in [2.45, 2.75) is 0 Å². The first-order chi connectivity index (χ1) is 24.3. The number of fused-ring (bicyclic) bond motifs is 3. The molecule has 0 aliphatic heterocycles. The first kappa shape index (κ1) is 28.6. The van der Waals surface area contributed by atoms with Crippen molar-refractivity contribution < 1.29 is 4.42 Å². The molecular weight excluding hydrogens is 599 g/mol. The van der Waals surface area contributed by atoms with Crippen LogP contribution in [0.3, 0.4) is 0 Å². The van der Waals surface area contributed by atoms with Gasteiger partial charge in [0.1, 0.15) is 11.2 Å². The van der Waals surface area contributed by atoms with E-state index in [-0.39, 0.29) is 0 Å². The Balaban J connectivity index is 1.24. The van der Waals surface area contributed by atoms with Crippen molar-refractivity contribution in [2.24, 2.45) is 0 Å². The average molecular weight is 628 g/mol. The summed E-state index contributed by atoms with van der Waals surface area (Å²) in [4.78, 5) is 15.4. The van der Waals surface area contributed by atoms with E-state index in [9.17, 15) is 0 Å². The smallest absolute Gasteiger partial charge is 0.164 e. The van der Waals surface area contributed by atoms with Crippen molar-refractivity contribution in [3.63, 3.8) is 0 Å². The molecule has 0 unspecified atom stereocenters. The summed E-state index contributed by atoms with van der Waals surface area (Å²) in [5.41, 5.74) is 11.1. The van der Waals surface area contributed by atoms with Crippen molar-refractivity contribution in [2.75, 3.05) is 0 Å². The number of nitrogens with zero attached hydrogens (tertiary/aromatic N) is 3. The second kappa shape index (κ2) is 12.2. The van der Waals surface area contributed by atoms with Gasteiger partial charge >= 0.3 is 0 Å². The summed E-state index contributed by atoms with van der Waals surface area (Å²) in [7, 11) is 0. The van der Waals surface area contributed by atoms with Gasteiger partial charge in [0, 0.05) is 27.5 Å². The maximum Gasteiger partial charge on any atom is 0.164 e. The van der Waals surface area contributed by atoms with Crippen LogP contribution in [-0.4, -0.2) is 15.0 Å². The van der Waals surface area contributed by atoms with Gasteiger partial charge < -0.3 is 4.42 Å². The highest BCUT2D eigenvalue weighted by Gasteiger charge is 2.19. The van der Waals surface area contributed by atoms with Gasteiger partial charge in [-0.25, -0.2) is 15.0 Å². The molecule has 0 spiro atoms. The summed E-state index contributed by atoms with van der Waals surface area (Å²) in [6.45, 7) is 0. The third kappa shape index (κ3) is 5.45. The molecule has 0 amide bonds. The molecule has 7 aromatic carbocycles. The molecule has 0 atom stereocenters. The molecule has 4 nitrogen and oxygen atoms in total. The minimum atomic E-state index is 0.584. The second-order valence-electron chi connectivity index (χ2n) is 12.1. The number of rotatable bonds is 6. The molecule has 0 aliphatic rings. The van der Waals surface area contributed by atoms with Crippen LogP contribution in [0.25, 0.3) is 89.5 Å². The highest BCUT2D eigenvalue weighted by Crippen LogP contribution is 2.39. The lowest BCUT2D eigenvalue weighted by molar-refractivity contribution is 0.669. The van der Waals surface area contributed by atoms with Gasteiger partial charge in [-0.1, -0.05) is 158 Å². The normalized spacial score (nSPS) is 11.3. The molecule has 49 heavy (non-hydrogen) atoms. The standard InChI is InChI=1S/C45H29N3O/c1-4-12-30(13-5-1)32-20-24-35(25-21-32)43-46-44(36-26-22-33(23-27-36)31-14-6-2-7-15-31)48-45(47-43)40-29-42-39(37-18-10-11-19-41(37)49-42)28-38(40)34-16-8-3-9-17-34/h1-29H. The summed E-state index contributed by atoms with van der Waals surface area (Å²) in [5.74, 6) is 1.80. The van der Waals surface area contributed by atoms with Crippen LogP contribution in [0.1, 0.15) is 0 Å². The number of furan rings is 1. The number of aromatic nitrogens is 3. The average Bonchev–Trinajstić information content (AvgIpc) is 3.56. The molecule has 0 fully saturated rings. The van der Waals surface area contributed by atoms with Gasteiger partial charge in [-0.2, -0.15) is 0 Å². The van der Waals surface area contributed by atoms with Crippen LogP contribution in [0.5, 0.6) is 0 Å². The van der Waals surface area contributed by atoms with Crippen LogP contribution in [0, 0.1) is 0 Å². The van der Waals surface area contributed by atoms with Crippen molar-refractivity contribution in [1.29, 1.82) is 0 Å². The van der Waals surface area contributed by atoms with Gasteiger partial charge in [0.25, 0.3) is 0 Å². The second-order valence-corrected chi connectivity index (χ2v) is 12.1. The summed E-state index contributed by atoms with van der Waals surface area (Å²) in [5, 5.41) is 2.14. The van der Waals surface area contributed by atoms with Gasteiger partial charge in [0.05, 0.1) is 0 Å². The molecule has 0 saturated heterocycles. The number of benzene rings is 7. The lowest BCUT2D eigenvalue weighted by Gasteiger charge is -2.13. The van der Waals surface area contributed by atoms with Crippen LogP contribution in [0.4, 0.5) is 0 Å². The fourth-order valence-corrected chi connectivity index (χ4v) is 6.45. The summed E-state index contributed by atoms with van der Waals surface area (Å²) < 4.78 is 6.37. The van der Waals surface area contributed by atoms with E-state index in [1.165, 1.54) is 0 Å². The Morgan fingerprint density at radius 3 is 1.27 bits per heavy atom. The molecule has 2 aromatic heterocycles. The van der Waals surface area contributed by atoms with Crippen molar-refractivity contribution in [3.8, 4) is 67.5 Å². The Labute approximate surface area is 284 Å². The highest BCUT2D eigenvalue weighted by atomic mass is 16.3. The molecule has 0 aliphatic carbocycles. The molecule has 0 bridgehead atoms. The van der Waals surface area contributed by atoms with E-state index in [1.54, 1.807) is 0 Å². The van der Waals surface area contributed by atoms with Gasteiger partial charge in [-0.05, 0) is 51.6 Å². The predicted molar refractivity (Wildman–Crippen MR) is 200 cm³/mol. The first-order valence-electron chi connectivity index (χ1n) is 16.4. The molecule has 4 heteroatoms. The predicted octanol–water partition coefficient (Wildman–Crippen LogP) is 11.8. The molecule has 0 radical (unpaired) electrons. The number of hydrogen-bond acceptors (Lipinski definition) is 4. The van der Waals surface area contributed by atoms with E-state index in [0.717, 1.165) is 72.0 Å². The molecule has 2 heterocycles. The summed E-state index contributed by atoms with van der Waals surface area (Å²) >= 11 is 0. The van der Waals surface area contributed by atoms with Crippen molar-refractivity contribution in [3.05, 3.63) is 176 Å². The van der Waals surface area contributed by atoms with E-state index in [4.69, 9.17) is 19.4 Å². The molecule has 0 saturated carbocycles. The maximum atomic E-state index is 6.37. The summed E-state index contributed by atoms with van der Waals surface area (Å²) in [6.07, 6.45) is 0. The van der Waals surface area contributed by atoms with Crippen LogP contribution < -0.4 is 0 Å². The van der Waals surface area contributed by atoms with Crippen LogP contribution in [-0.2, 0) is 0 Å². The van der Waals surface area contributed by atoms with Gasteiger partial charge in [-0.15, -0.1) is 0 Å². The lowest BCUT2D eigenvalue weighted by atomic mass is 9.96. The van der Waals surface area contributed by atoms with E-state index >= 15 is 0 Å². The molecule has 9 aromatic rings. The minimum absolute atomic E-state index is 0.584. The fraction of sp³-hybridized carbons (Fsp3) is 0. The topological polar surface area (TPSA) is 51.8 Å². The lowest BCUT2D eigenvalue weighted by Crippen LogP contribution is -2.01. The van der Waals surface area contributed by atoms with Gasteiger partial charge in [0.15, 0.2) is 17.5 Å². The zero-order valence-electron chi connectivity index (χ0n) is 26.5. The SMILES string of the molecule is c1ccc(-c2ccc(-c3nc(-c4ccc(-c5ccccc5)cc4)nc(-c4cc5oc6ccccc6c5cc4-c4ccccc4)n3)cc2)cc1. The third-order valence-electron chi connectivity index (χ3n) is 8.98. The zero-order chi connectivity index (χ0) is 32.6. The summed E-state index contributed by atoms with van der Waals surface area (Å²) in [6, 6.07) is 60.5. The Morgan fingerprint density at radius 2 is 0.714 bits per heavy atom. The first-order valence-corrected chi connectivity index (χ1v) is 16.4. The zero-order valence-corrected chi connectivity index (χ0v) is 26.5. The highest BCUT2D eigenvalue weighted by molar-refractivity contribution is 6.08. The quantitative estimate of drug-likeness (QED) is 0.184. The number of hydrogen-bond donors (Lipinski definition) is 0. The van der Waals surface area contributed by atoms with E-state index in [1.807, 2.05) is 36.4 Å². The molecule has 0 N–H and O–H groups in total. The Hall–Kier alpha value is -6.65. The third-order valence-corrected chi connectivity index (χ3v) is 8.98. The minimum Gasteiger partial charge on any atom is -0.456 e. The van der Waals surface area contributed by atoms with Crippen molar-refractivity contribution >= 4 is 21.9 Å². The van der Waals surface area contributed by atoms with E-state index < -0.39 is 0 Å². The molecule has 230 valence electrons. The van der Waals surface area contributed by atoms with E-state index in [2.05, 4.69) is 140 Å².